The predicted octanol–water partition coefficient (Wildman–Crippen LogP) is 2.10. The van der Waals surface area contributed by atoms with Gasteiger partial charge in [-0.15, -0.1) is 0 Å². The summed E-state index contributed by atoms with van der Waals surface area (Å²) in [6, 6.07) is 4.09. The Balaban J connectivity index is 0.00000132. The van der Waals surface area contributed by atoms with Gasteiger partial charge in [0, 0.05) is 18.9 Å². The molecule has 4 rings (SSSR count). The number of carbonyl (C=O) groups excluding carboxylic acids is 1. The first kappa shape index (κ1) is 23.3. The Morgan fingerprint density at radius 2 is 2.06 bits per heavy atom. The lowest BCUT2D eigenvalue weighted by molar-refractivity contribution is -0.0229. The first-order valence-corrected chi connectivity index (χ1v) is 10.8. The molecule has 0 bridgehead atoms. The van der Waals surface area contributed by atoms with Crippen molar-refractivity contribution in [1.82, 2.24) is 9.55 Å². The molecule has 31 heavy (non-hydrogen) atoms. The molecule has 1 saturated heterocycles. The number of aryl methyl sites for hydroxylation is 2. The van der Waals surface area contributed by atoms with Crippen LogP contribution in [0.5, 0.6) is 5.75 Å². The second-order valence-corrected chi connectivity index (χ2v) is 8.26. The molecule has 2 N–H and O–H groups in total. The Bertz CT molecular complexity index is 1050. The molecule has 3 atom stereocenters. The van der Waals surface area contributed by atoms with Gasteiger partial charge in [-0.1, -0.05) is 17.7 Å². The topological polar surface area (TPSA) is 129 Å². The number of hydrogen-bond donors (Lipinski definition) is 2. The number of ether oxygens (including phenoxy) is 1. The fraction of sp³-hybridized carbons (Fsp3) is 0.450. The Hall–Kier alpha value is -2.36. The number of nitrogens with one attached hydrogen (secondary N) is 1. The summed E-state index contributed by atoms with van der Waals surface area (Å²) in [6.07, 6.45) is 2.02. The maximum atomic E-state index is 12.0. The van der Waals surface area contributed by atoms with Crippen LogP contribution in [0.3, 0.4) is 0 Å². The van der Waals surface area contributed by atoms with E-state index < -0.39 is 26.1 Å². The molecule has 168 valence electrons. The lowest BCUT2D eigenvalue weighted by atomic mass is 10.1. The van der Waals surface area contributed by atoms with Crippen molar-refractivity contribution in [1.29, 1.82) is 0 Å². The van der Waals surface area contributed by atoms with Gasteiger partial charge < -0.3 is 14.4 Å². The third kappa shape index (κ3) is 5.28. The molecule has 3 unspecified atom stereocenters. The molecule has 11 heteroatoms. The zero-order valence-corrected chi connectivity index (χ0v) is 18.4. The molecule has 2 aliphatic heterocycles. The standard InChI is InChI=1S/C19H21N2O7P.CH4O/c1-11-5-12(2)17-13(6-11)9-25-29(28-17)26-10-15-3-4-16(27-15)21-7-14(8-22)18(23)20-19(21)24;1-2/h5-8,15-16H,3-4,9-10H2,1-2H3,(H,20,23,24);2H,1H3. The normalized spacial score (nSPS) is 22.1. The van der Waals surface area contributed by atoms with E-state index >= 15 is 0 Å². The number of aliphatic hydroxyl groups is 1. The molecule has 0 saturated carbocycles. The minimum atomic E-state index is -1.53. The maximum absolute atomic E-state index is 12.0. The predicted molar refractivity (Wildman–Crippen MR) is 112 cm³/mol. The number of aliphatic hydroxyl groups excluding tert-OH is 1. The van der Waals surface area contributed by atoms with E-state index in [1.807, 2.05) is 19.9 Å². The molecule has 2 aromatic rings. The van der Waals surface area contributed by atoms with Gasteiger partial charge in [-0.05, 0) is 32.3 Å². The molecular weight excluding hydrogens is 427 g/mol. The van der Waals surface area contributed by atoms with E-state index in [-0.39, 0.29) is 18.3 Å². The quantitative estimate of drug-likeness (QED) is 0.521. The number of hydrogen-bond acceptors (Lipinski definition) is 8. The zero-order chi connectivity index (χ0) is 22.5. The number of H-pyrrole nitrogens is 1. The van der Waals surface area contributed by atoms with Crippen molar-refractivity contribution in [2.75, 3.05) is 13.7 Å². The highest BCUT2D eigenvalue weighted by Gasteiger charge is 2.31. The Kier molecular flexibility index (Phi) is 7.74. The van der Waals surface area contributed by atoms with E-state index in [0.29, 0.717) is 25.7 Å². The second kappa shape index (κ2) is 10.3. The van der Waals surface area contributed by atoms with Gasteiger partial charge in [-0.25, -0.2) is 4.79 Å². The number of rotatable bonds is 5. The zero-order valence-electron chi connectivity index (χ0n) is 17.5. The average molecular weight is 452 g/mol. The molecule has 0 aliphatic carbocycles. The third-order valence-corrected chi connectivity index (χ3v) is 5.90. The number of fused-ring (bicyclic) bond motifs is 1. The summed E-state index contributed by atoms with van der Waals surface area (Å²) in [5, 5.41) is 7.00. The summed E-state index contributed by atoms with van der Waals surface area (Å²) in [5.74, 6) is 0.805. The Labute approximate surface area is 179 Å². The lowest BCUT2D eigenvalue weighted by Gasteiger charge is -2.26. The van der Waals surface area contributed by atoms with E-state index in [9.17, 15) is 14.4 Å². The highest BCUT2D eigenvalue weighted by Crippen LogP contribution is 2.49. The molecule has 1 aromatic heterocycles. The van der Waals surface area contributed by atoms with Crippen molar-refractivity contribution in [2.45, 2.75) is 45.6 Å². The lowest BCUT2D eigenvalue weighted by Crippen LogP contribution is -2.34. The largest absolute Gasteiger partial charge is 0.426 e. The Morgan fingerprint density at radius 1 is 1.29 bits per heavy atom. The van der Waals surface area contributed by atoms with Gasteiger partial charge in [-0.3, -0.25) is 28.2 Å². The molecule has 0 radical (unpaired) electrons. The van der Waals surface area contributed by atoms with Crippen molar-refractivity contribution in [3.05, 3.63) is 61.4 Å². The monoisotopic (exact) mass is 452 g/mol. The van der Waals surface area contributed by atoms with Crippen LogP contribution < -0.4 is 15.8 Å². The van der Waals surface area contributed by atoms with Crippen molar-refractivity contribution in [3.8, 4) is 5.75 Å². The molecule has 2 aliphatic rings. The molecule has 0 spiro atoms. The molecule has 10 nitrogen and oxygen atoms in total. The van der Waals surface area contributed by atoms with E-state index in [1.54, 1.807) is 0 Å². The summed E-state index contributed by atoms with van der Waals surface area (Å²) in [6.45, 7) is 4.70. The summed E-state index contributed by atoms with van der Waals surface area (Å²) in [5.41, 5.74) is 1.76. The number of aromatic amines is 1. The summed E-state index contributed by atoms with van der Waals surface area (Å²) >= 11 is 0. The molecule has 3 heterocycles. The van der Waals surface area contributed by atoms with Crippen LogP contribution in [0.1, 0.15) is 46.1 Å². The van der Waals surface area contributed by atoms with Crippen molar-refractivity contribution < 1.29 is 28.2 Å². The molecule has 1 aromatic carbocycles. The molecular formula is C20H25N2O8P. The van der Waals surface area contributed by atoms with Crippen molar-refractivity contribution in [3.63, 3.8) is 0 Å². The van der Waals surface area contributed by atoms with Crippen LogP contribution in [0, 0.1) is 13.8 Å². The van der Waals surface area contributed by atoms with E-state index in [4.69, 9.17) is 23.4 Å². The van der Waals surface area contributed by atoms with Crippen LogP contribution in [0.4, 0.5) is 0 Å². The highest BCUT2D eigenvalue weighted by molar-refractivity contribution is 7.42. The van der Waals surface area contributed by atoms with Crippen LogP contribution in [0.2, 0.25) is 0 Å². The smallest absolute Gasteiger partial charge is 0.397 e. The third-order valence-electron chi connectivity index (χ3n) is 4.87. The van der Waals surface area contributed by atoms with Crippen LogP contribution in [-0.2, 0) is 20.4 Å². The second-order valence-electron chi connectivity index (χ2n) is 7.11. The van der Waals surface area contributed by atoms with Crippen molar-refractivity contribution >= 4 is 14.9 Å². The van der Waals surface area contributed by atoms with Gasteiger partial charge in [0.05, 0.1) is 24.9 Å². The fourth-order valence-electron chi connectivity index (χ4n) is 3.52. The first-order chi connectivity index (χ1) is 14.9. The fourth-order valence-corrected chi connectivity index (χ4v) is 4.65. The van der Waals surface area contributed by atoms with Crippen LogP contribution >= 0.6 is 8.60 Å². The van der Waals surface area contributed by atoms with Gasteiger partial charge in [0.1, 0.15) is 12.0 Å². The number of nitrogens with zero attached hydrogens (tertiary/aromatic N) is 1. The Morgan fingerprint density at radius 3 is 2.81 bits per heavy atom. The average Bonchev–Trinajstić information content (AvgIpc) is 3.23. The minimum Gasteiger partial charge on any atom is -0.426 e. The number of benzene rings is 1. The summed E-state index contributed by atoms with van der Waals surface area (Å²) in [4.78, 5) is 36.6. The maximum Gasteiger partial charge on any atom is 0.397 e. The molecule has 1 fully saturated rings. The van der Waals surface area contributed by atoms with Gasteiger partial charge in [0.2, 0.25) is 0 Å². The van der Waals surface area contributed by atoms with Crippen molar-refractivity contribution in [2.24, 2.45) is 0 Å². The SMILES string of the molecule is CO.Cc1cc(C)c2c(c1)COP(OCC1CCC(n3cc(C=O)c(=O)[nH]c3=O)O1)O2. The van der Waals surface area contributed by atoms with Gasteiger partial charge in [-0.2, -0.15) is 0 Å². The van der Waals surface area contributed by atoms with Gasteiger partial charge in [0.15, 0.2) is 6.29 Å². The molecule has 0 amide bonds. The number of aromatic nitrogens is 2. The number of carbonyl (C=O) groups is 1. The van der Waals surface area contributed by atoms with Gasteiger partial charge in [0.25, 0.3) is 5.56 Å². The van der Waals surface area contributed by atoms with Gasteiger partial charge >= 0.3 is 14.3 Å². The van der Waals surface area contributed by atoms with Crippen LogP contribution in [0.15, 0.2) is 27.9 Å². The summed E-state index contributed by atoms with van der Waals surface area (Å²) < 4.78 is 24.4. The van der Waals surface area contributed by atoms with E-state index in [2.05, 4.69) is 11.1 Å². The summed E-state index contributed by atoms with van der Waals surface area (Å²) in [7, 11) is -0.530. The highest BCUT2D eigenvalue weighted by atomic mass is 31.2. The minimum absolute atomic E-state index is 0.121. The van der Waals surface area contributed by atoms with E-state index in [0.717, 1.165) is 29.5 Å². The first-order valence-electron chi connectivity index (χ1n) is 9.69. The van der Waals surface area contributed by atoms with E-state index in [1.165, 1.54) is 10.8 Å². The van der Waals surface area contributed by atoms with Crippen LogP contribution in [-0.4, -0.2) is 40.8 Å². The number of aldehydes is 1. The van der Waals surface area contributed by atoms with Crippen LogP contribution in [0.25, 0.3) is 0 Å².